The molecule has 1 aromatic heterocycles. The van der Waals surface area contributed by atoms with Crippen LogP contribution in [0.25, 0.3) is 11.0 Å². The summed E-state index contributed by atoms with van der Waals surface area (Å²) in [5.41, 5.74) is 2.19. The van der Waals surface area contributed by atoms with Crippen molar-refractivity contribution in [3.05, 3.63) is 24.0 Å². The Morgan fingerprint density at radius 2 is 2.06 bits per heavy atom. The molecule has 18 heavy (non-hydrogen) atoms. The van der Waals surface area contributed by atoms with Gasteiger partial charge in [-0.3, -0.25) is 4.90 Å². The third-order valence-corrected chi connectivity index (χ3v) is 3.74. The average molecular weight is 245 g/mol. The summed E-state index contributed by atoms with van der Waals surface area (Å²) < 4.78 is 7.43. The third-order valence-electron chi connectivity index (χ3n) is 3.74. The van der Waals surface area contributed by atoms with Crippen molar-refractivity contribution < 1.29 is 4.74 Å². The highest BCUT2D eigenvalue weighted by Gasteiger charge is 2.15. The number of imidazole rings is 1. The highest BCUT2D eigenvalue weighted by molar-refractivity contribution is 5.77. The maximum atomic E-state index is 5.25. The summed E-state index contributed by atoms with van der Waals surface area (Å²) in [5.74, 6) is 2.01. The van der Waals surface area contributed by atoms with E-state index in [2.05, 4.69) is 22.6 Å². The van der Waals surface area contributed by atoms with Gasteiger partial charge in [-0.1, -0.05) is 0 Å². The van der Waals surface area contributed by atoms with Gasteiger partial charge in [0, 0.05) is 13.1 Å². The molecule has 0 saturated carbocycles. The molecule has 4 nitrogen and oxygen atoms in total. The first-order chi connectivity index (χ1) is 8.78. The van der Waals surface area contributed by atoms with E-state index >= 15 is 0 Å². The van der Waals surface area contributed by atoms with Crippen LogP contribution in [0, 0.1) is 0 Å². The molecule has 1 aliphatic heterocycles. The molecule has 1 fully saturated rings. The molecule has 0 aliphatic carbocycles. The van der Waals surface area contributed by atoms with Crippen LogP contribution in [0.5, 0.6) is 5.75 Å². The van der Waals surface area contributed by atoms with Gasteiger partial charge in [-0.05, 0) is 38.1 Å². The van der Waals surface area contributed by atoms with E-state index in [4.69, 9.17) is 9.72 Å². The number of fused-ring (bicyclic) bond motifs is 1. The van der Waals surface area contributed by atoms with Crippen LogP contribution in [0.3, 0.4) is 0 Å². The molecule has 0 N–H and O–H groups in total. The number of rotatable bonds is 3. The minimum Gasteiger partial charge on any atom is -0.497 e. The Morgan fingerprint density at radius 3 is 2.78 bits per heavy atom. The van der Waals surface area contributed by atoms with Crippen LogP contribution in [0.15, 0.2) is 18.2 Å². The standard InChI is InChI=1S/C14H19N3O/c1-16-13-6-5-11(18-2)9-12(13)15-14(16)10-17-7-3-4-8-17/h5-6,9H,3-4,7-8,10H2,1-2H3. The predicted octanol–water partition coefficient (Wildman–Crippen LogP) is 2.18. The molecule has 0 atom stereocenters. The van der Waals surface area contributed by atoms with Gasteiger partial charge in [0.25, 0.3) is 0 Å². The normalized spacial score (nSPS) is 16.6. The lowest BCUT2D eigenvalue weighted by Crippen LogP contribution is -2.20. The van der Waals surface area contributed by atoms with Gasteiger partial charge in [-0.2, -0.15) is 0 Å². The van der Waals surface area contributed by atoms with Gasteiger partial charge in [0.05, 0.1) is 24.7 Å². The summed E-state index contributed by atoms with van der Waals surface area (Å²) in [6.07, 6.45) is 2.63. The Morgan fingerprint density at radius 1 is 1.28 bits per heavy atom. The average Bonchev–Trinajstić information content (AvgIpc) is 2.99. The molecule has 96 valence electrons. The number of methoxy groups -OCH3 is 1. The topological polar surface area (TPSA) is 30.3 Å². The molecule has 0 radical (unpaired) electrons. The van der Waals surface area contributed by atoms with Gasteiger partial charge in [0.15, 0.2) is 0 Å². The molecule has 3 rings (SSSR count). The first kappa shape index (κ1) is 11.5. The first-order valence-electron chi connectivity index (χ1n) is 6.49. The molecule has 1 saturated heterocycles. The summed E-state index contributed by atoms with van der Waals surface area (Å²) in [6.45, 7) is 3.35. The van der Waals surface area contributed by atoms with Crippen LogP contribution in [0.4, 0.5) is 0 Å². The second-order valence-corrected chi connectivity index (χ2v) is 4.92. The summed E-state index contributed by atoms with van der Waals surface area (Å²) >= 11 is 0. The van der Waals surface area contributed by atoms with Crippen molar-refractivity contribution in [2.24, 2.45) is 7.05 Å². The van der Waals surface area contributed by atoms with Crippen molar-refractivity contribution in [2.75, 3.05) is 20.2 Å². The Kier molecular flexibility index (Phi) is 2.96. The molecule has 0 amide bonds. The molecule has 1 aromatic carbocycles. The van der Waals surface area contributed by atoms with Crippen LogP contribution < -0.4 is 4.74 Å². The van der Waals surface area contributed by atoms with Crippen molar-refractivity contribution in [3.63, 3.8) is 0 Å². The van der Waals surface area contributed by atoms with Crippen molar-refractivity contribution in [2.45, 2.75) is 19.4 Å². The minimum absolute atomic E-state index is 0.869. The van der Waals surface area contributed by atoms with Crippen molar-refractivity contribution >= 4 is 11.0 Å². The van der Waals surface area contributed by atoms with E-state index in [-0.39, 0.29) is 0 Å². The van der Waals surface area contributed by atoms with Crippen molar-refractivity contribution in [1.82, 2.24) is 14.5 Å². The number of aryl methyl sites for hydroxylation is 1. The van der Waals surface area contributed by atoms with Gasteiger partial charge < -0.3 is 9.30 Å². The van der Waals surface area contributed by atoms with Gasteiger partial charge in [-0.25, -0.2) is 4.98 Å². The minimum atomic E-state index is 0.869. The number of ether oxygens (including phenoxy) is 1. The highest BCUT2D eigenvalue weighted by atomic mass is 16.5. The Labute approximate surface area is 107 Å². The van der Waals surface area contributed by atoms with Gasteiger partial charge >= 0.3 is 0 Å². The summed E-state index contributed by atoms with van der Waals surface area (Å²) in [5, 5.41) is 0. The van der Waals surface area contributed by atoms with E-state index in [1.165, 1.54) is 31.4 Å². The summed E-state index contributed by atoms with van der Waals surface area (Å²) in [6, 6.07) is 6.07. The molecule has 0 unspecified atom stereocenters. The zero-order valence-electron chi connectivity index (χ0n) is 11.0. The maximum Gasteiger partial charge on any atom is 0.123 e. The van der Waals surface area contributed by atoms with E-state index in [0.717, 1.165) is 23.6 Å². The smallest absolute Gasteiger partial charge is 0.123 e. The lowest BCUT2D eigenvalue weighted by Gasteiger charge is -2.13. The van der Waals surface area contributed by atoms with Crippen LogP contribution >= 0.6 is 0 Å². The number of benzene rings is 1. The fourth-order valence-corrected chi connectivity index (χ4v) is 2.64. The number of nitrogens with zero attached hydrogens (tertiary/aromatic N) is 3. The van der Waals surface area contributed by atoms with E-state index in [9.17, 15) is 0 Å². The zero-order valence-corrected chi connectivity index (χ0v) is 11.0. The Bertz CT molecular complexity index is 555. The zero-order chi connectivity index (χ0) is 12.5. The molecule has 0 bridgehead atoms. The maximum absolute atomic E-state index is 5.25. The molecule has 4 heteroatoms. The van der Waals surface area contributed by atoms with E-state index < -0.39 is 0 Å². The van der Waals surface area contributed by atoms with Crippen LogP contribution in [-0.4, -0.2) is 34.7 Å². The number of likely N-dealkylation sites (tertiary alicyclic amines) is 1. The van der Waals surface area contributed by atoms with Crippen LogP contribution in [-0.2, 0) is 13.6 Å². The highest BCUT2D eigenvalue weighted by Crippen LogP contribution is 2.22. The Balaban J connectivity index is 1.94. The number of hydrogen-bond acceptors (Lipinski definition) is 3. The van der Waals surface area contributed by atoms with Crippen LogP contribution in [0.2, 0.25) is 0 Å². The van der Waals surface area contributed by atoms with E-state index in [1.807, 2.05) is 12.1 Å². The summed E-state index contributed by atoms with van der Waals surface area (Å²) in [4.78, 5) is 7.20. The Hall–Kier alpha value is -1.55. The van der Waals surface area contributed by atoms with Gasteiger partial charge in [0.2, 0.25) is 0 Å². The fraction of sp³-hybridized carbons (Fsp3) is 0.500. The quantitative estimate of drug-likeness (QED) is 0.830. The van der Waals surface area contributed by atoms with E-state index in [0.29, 0.717) is 0 Å². The number of aromatic nitrogens is 2. The SMILES string of the molecule is COc1ccc2c(c1)nc(CN1CCCC1)n2C. The molecular weight excluding hydrogens is 226 g/mol. The molecule has 1 aliphatic rings. The summed E-state index contributed by atoms with van der Waals surface area (Å²) in [7, 11) is 3.78. The lowest BCUT2D eigenvalue weighted by atomic mass is 10.3. The first-order valence-corrected chi connectivity index (χ1v) is 6.49. The molecule has 0 spiro atoms. The second-order valence-electron chi connectivity index (χ2n) is 4.92. The number of hydrogen-bond donors (Lipinski definition) is 0. The molecular formula is C14H19N3O. The molecule has 2 aromatic rings. The van der Waals surface area contributed by atoms with E-state index in [1.54, 1.807) is 7.11 Å². The predicted molar refractivity (Wildman–Crippen MR) is 71.8 cm³/mol. The largest absolute Gasteiger partial charge is 0.497 e. The second kappa shape index (κ2) is 4.61. The molecule has 2 heterocycles. The lowest BCUT2D eigenvalue weighted by molar-refractivity contribution is 0.319. The fourth-order valence-electron chi connectivity index (χ4n) is 2.64. The van der Waals surface area contributed by atoms with Gasteiger partial charge in [-0.15, -0.1) is 0 Å². The van der Waals surface area contributed by atoms with Crippen LogP contribution in [0.1, 0.15) is 18.7 Å². The van der Waals surface area contributed by atoms with Gasteiger partial charge in [0.1, 0.15) is 11.6 Å². The monoisotopic (exact) mass is 245 g/mol. The van der Waals surface area contributed by atoms with Crippen molar-refractivity contribution in [3.8, 4) is 5.75 Å². The third kappa shape index (κ3) is 1.97. The van der Waals surface area contributed by atoms with Crippen molar-refractivity contribution in [1.29, 1.82) is 0 Å².